The van der Waals surface area contributed by atoms with Gasteiger partial charge in [-0.3, -0.25) is 4.57 Å². The van der Waals surface area contributed by atoms with Crippen LogP contribution in [0.3, 0.4) is 0 Å². The molecule has 2 rings (SSSR count). The van der Waals surface area contributed by atoms with Crippen molar-refractivity contribution in [1.82, 2.24) is 9.55 Å². The summed E-state index contributed by atoms with van der Waals surface area (Å²) in [4.78, 5) is 15.4. The number of nitrogens with two attached hydrogens (primary N) is 1. The van der Waals surface area contributed by atoms with E-state index >= 15 is 0 Å². The first-order chi connectivity index (χ1) is 8.45. The molecule has 0 amide bonds. The van der Waals surface area contributed by atoms with Crippen LogP contribution in [0.4, 0.5) is 5.82 Å². The van der Waals surface area contributed by atoms with Crippen molar-refractivity contribution >= 4 is 17.6 Å². The molecular formula is C10H15N3O4S. The molecule has 1 aromatic rings. The molecule has 2 heterocycles. The molecule has 1 saturated heterocycles. The van der Waals surface area contributed by atoms with Crippen molar-refractivity contribution in [2.75, 3.05) is 12.3 Å². The maximum atomic E-state index is 11.7. The molecule has 8 heteroatoms. The molecule has 1 unspecified atom stereocenters. The zero-order valence-corrected chi connectivity index (χ0v) is 10.5. The maximum absolute atomic E-state index is 11.7. The van der Waals surface area contributed by atoms with Gasteiger partial charge in [-0.2, -0.15) is 4.98 Å². The minimum absolute atomic E-state index is 0.146. The summed E-state index contributed by atoms with van der Waals surface area (Å²) in [5.74, 6) is 0.146. The Labute approximate surface area is 107 Å². The second-order valence-electron chi connectivity index (χ2n) is 4.23. The second-order valence-corrected chi connectivity index (χ2v) is 5.59. The van der Waals surface area contributed by atoms with Gasteiger partial charge in [-0.25, -0.2) is 4.79 Å². The standard InChI is InChI=1S/C10H15N3O4S/c1-4-2-13(10(17)12-8(4)11)9-7(16)6(15)5(3-14)18-9/h2,5-7,9,14-16H,3H2,1H3,(H2,11,12,17)/t5-,6?,7+,9-/m1/s1. The summed E-state index contributed by atoms with van der Waals surface area (Å²) in [5, 5.41) is 27.5. The fraction of sp³-hybridized carbons (Fsp3) is 0.600. The zero-order valence-electron chi connectivity index (χ0n) is 9.72. The number of aryl methyl sites for hydroxylation is 1. The Balaban J connectivity index is 2.39. The van der Waals surface area contributed by atoms with Crippen molar-refractivity contribution in [2.45, 2.75) is 29.8 Å². The monoisotopic (exact) mass is 273 g/mol. The smallest absolute Gasteiger partial charge is 0.350 e. The van der Waals surface area contributed by atoms with E-state index in [9.17, 15) is 15.0 Å². The number of aliphatic hydroxyl groups excluding tert-OH is 3. The lowest BCUT2D eigenvalue weighted by Crippen LogP contribution is -2.36. The van der Waals surface area contributed by atoms with E-state index in [1.54, 1.807) is 6.92 Å². The molecule has 1 fully saturated rings. The summed E-state index contributed by atoms with van der Waals surface area (Å²) in [6.07, 6.45) is -0.706. The van der Waals surface area contributed by atoms with Crippen molar-refractivity contribution in [1.29, 1.82) is 0 Å². The van der Waals surface area contributed by atoms with E-state index in [-0.39, 0.29) is 12.4 Å². The van der Waals surface area contributed by atoms with Crippen LogP contribution in [0.15, 0.2) is 11.0 Å². The van der Waals surface area contributed by atoms with Gasteiger partial charge in [-0.1, -0.05) is 0 Å². The van der Waals surface area contributed by atoms with Crippen molar-refractivity contribution in [2.24, 2.45) is 0 Å². The first kappa shape index (κ1) is 13.3. The topological polar surface area (TPSA) is 122 Å². The Bertz CT molecular complexity index is 506. The summed E-state index contributed by atoms with van der Waals surface area (Å²) in [6.45, 7) is 1.43. The van der Waals surface area contributed by atoms with Gasteiger partial charge in [0.05, 0.1) is 18.0 Å². The van der Waals surface area contributed by atoms with Crippen LogP contribution in [-0.2, 0) is 0 Å². The Morgan fingerprint density at radius 2 is 2.17 bits per heavy atom. The molecule has 0 radical (unpaired) electrons. The molecule has 0 bridgehead atoms. The lowest BCUT2D eigenvalue weighted by Gasteiger charge is -2.18. The Kier molecular flexibility index (Phi) is 3.62. The molecule has 4 atom stereocenters. The van der Waals surface area contributed by atoms with Gasteiger partial charge in [-0.15, -0.1) is 11.8 Å². The van der Waals surface area contributed by atoms with Gasteiger partial charge in [0.2, 0.25) is 0 Å². The number of rotatable bonds is 2. The first-order valence-corrected chi connectivity index (χ1v) is 6.37. The molecule has 0 saturated carbocycles. The third kappa shape index (κ3) is 2.12. The second kappa shape index (κ2) is 4.88. The molecular weight excluding hydrogens is 258 g/mol. The molecule has 100 valence electrons. The minimum Gasteiger partial charge on any atom is -0.395 e. The summed E-state index contributed by atoms with van der Waals surface area (Å²) in [5.41, 5.74) is 5.55. The van der Waals surface area contributed by atoms with E-state index in [4.69, 9.17) is 10.8 Å². The molecule has 18 heavy (non-hydrogen) atoms. The molecule has 5 N–H and O–H groups in total. The number of nitrogens with zero attached hydrogens (tertiary/aromatic N) is 2. The number of hydrogen-bond donors (Lipinski definition) is 4. The van der Waals surface area contributed by atoms with Crippen molar-refractivity contribution < 1.29 is 15.3 Å². The van der Waals surface area contributed by atoms with Crippen LogP contribution in [0.25, 0.3) is 0 Å². The number of nitrogen functional groups attached to an aromatic ring is 1. The van der Waals surface area contributed by atoms with E-state index in [2.05, 4.69) is 4.98 Å². The number of aromatic nitrogens is 2. The van der Waals surface area contributed by atoms with Crippen molar-refractivity contribution in [3.63, 3.8) is 0 Å². The van der Waals surface area contributed by atoms with E-state index in [0.29, 0.717) is 5.56 Å². The third-order valence-corrected chi connectivity index (χ3v) is 4.53. The highest BCUT2D eigenvalue weighted by molar-refractivity contribution is 8.00. The summed E-state index contributed by atoms with van der Waals surface area (Å²) in [6, 6.07) is 0. The van der Waals surface area contributed by atoms with Crippen LogP contribution in [0, 0.1) is 6.92 Å². The van der Waals surface area contributed by atoms with Crippen LogP contribution in [0.5, 0.6) is 0 Å². The molecule has 1 aliphatic heterocycles. The van der Waals surface area contributed by atoms with Gasteiger partial charge in [0.15, 0.2) is 0 Å². The van der Waals surface area contributed by atoms with E-state index < -0.39 is 28.5 Å². The lowest BCUT2D eigenvalue weighted by molar-refractivity contribution is 0.0101. The van der Waals surface area contributed by atoms with Crippen molar-refractivity contribution in [3.05, 3.63) is 22.2 Å². The van der Waals surface area contributed by atoms with Crippen LogP contribution in [0.1, 0.15) is 10.9 Å². The average Bonchev–Trinajstić information content (AvgIpc) is 2.61. The number of aliphatic hydroxyl groups is 3. The molecule has 0 aliphatic carbocycles. The van der Waals surface area contributed by atoms with Gasteiger partial charge in [0.1, 0.15) is 17.3 Å². The Morgan fingerprint density at radius 3 is 2.72 bits per heavy atom. The van der Waals surface area contributed by atoms with Crippen LogP contribution >= 0.6 is 11.8 Å². The van der Waals surface area contributed by atoms with Crippen LogP contribution in [0.2, 0.25) is 0 Å². The van der Waals surface area contributed by atoms with E-state index in [0.717, 1.165) is 11.8 Å². The Hall–Kier alpha value is -1.09. The van der Waals surface area contributed by atoms with E-state index in [1.165, 1.54) is 10.8 Å². The predicted molar refractivity (Wildman–Crippen MR) is 67.2 cm³/mol. The number of thioether (sulfide) groups is 1. The summed E-state index contributed by atoms with van der Waals surface area (Å²) < 4.78 is 1.24. The molecule has 1 aromatic heterocycles. The van der Waals surface area contributed by atoms with Gasteiger partial charge in [0.25, 0.3) is 0 Å². The van der Waals surface area contributed by atoms with Crippen LogP contribution in [-0.4, -0.2) is 48.9 Å². The fourth-order valence-corrected chi connectivity index (χ4v) is 3.24. The van der Waals surface area contributed by atoms with Gasteiger partial charge in [0, 0.05) is 11.8 Å². The minimum atomic E-state index is -1.13. The lowest BCUT2D eigenvalue weighted by atomic mass is 10.1. The average molecular weight is 273 g/mol. The summed E-state index contributed by atoms with van der Waals surface area (Å²) >= 11 is 1.14. The van der Waals surface area contributed by atoms with Gasteiger partial charge >= 0.3 is 5.69 Å². The molecule has 7 nitrogen and oxygen atoms in total. The van der Waals surface area contributed by atoms with Gasteiger partial charge in [-0.05, 0) is 6.92 Å². The highest BCUT2D eigenvalue weighted by Gasteiger charge is 2.43. The fourth-order valence-electron chi connectivity index (χ4n) is 1.87. The van der Waals surface area contributed by atoms with E-state index in [1.807, 2.05) is 0 Å². The predicted octanol–water partition coefficient (Wildman–Crippen LogP) is -1.54. The summed E-state index contributed by atoms with van der Waals surface area (Å²) in [7, 11) is 0. The third-order valence-electron chi connectivity index (χ3n) is 2.97. The number of hydrogen-bond acceptors (Lipinski definition) is 7. The maximum Gasteiger partial charge on any atom is 0.350 e. The van der Waals surface area contributed by atoms with Gasteiger partial charge < -0.3 is 21.1 Å². The molecule has 1 aliphatic rings. The zero-order chi connectivity index (χ0) is 13.4. The highest BCUT2D eigenvalue weighted by Crippen LogP contribution is 2.40. The molecule has 0 spiro atoms. The largest absolute Gasteiger partial charge is 0.395 e. The SMILES string of the molecule is Cc1cn([C@@H]2S[C@H](CO)C(O)[C@@H]2O)c(=O)nc1N. The van der Waals surface area contributed by atoms with Crippen LogP contribution < -0.4 is 11.4 Å². The normalized spacial score (nSPS) is 31.8. The molecule has 0 aromatic carbocycles. The quantitative estimate of drug-likeness (QED) is 0.515. The first-order valence-electron chi connectivity index (χ1n) is 5.43. The van der Waals surface area contributed by atoms with Crippen molar-refractivity contribution in [3.8, 4) is 0 Å². The number of anilines is 1. The Morgan fingerprint density at radius 1 is 1.50 bits per heavy atom. The highest BCUT2D eigenvalue weighted by atomic mass is 32.2.